The van der Waals surface area contributed by atoms with E-state index in [1.165, 1.54) is 12.0 Å². The average molecular weight is 391 g/mol. The summed E-state index contributed by atoms with van der Waals surface area (Å²) in [5.41, 5.74) is 2.20. The van der Waals surface area contributed by atoms with Crippen LogP contribution in [-0.4, -0.2) is 47.2 Å². The van der Waals surface area contributed by atoms with E-state index < -0.39 is 5.97 Å². The van der Waals surface area contributed by atoms with Gasteiger partial charge < -0.3 is 14.6 Å². The van der Waals surface area contributed by atoms with Gasteiger partial charge in [0.05, 0.1) is 13.7 Å². The van der Waals surface area contributed by atoms with Gasteiger partial charge in [-0.3, -0.25) is 9.59 Å². The topological polar surface area (TPSA) is 79.5 Å². The number of aryl methyl sites for hydroxylation is 1. The number of Topliss-reactive ketones (excluding diaryl/α,β-unsaturated/α-hetero) is 1. The molecule has 0 aliphatic rings. The Balaban J connectivity index is 2.30. The number of ketones is 1. The van der Waals surface area contributed by atoms with Gasteiger partial charge in [-0.15, -0.1) is 0 Å². The van der Waals surface area contributed by atoms with Crippen LogP contribution < -0.4 is 0 Å². The third-order valence-corrected chi connectivity index (χ3v) is 4.65. The molecule has 1 aromatic heterocycles. The van der Waals surface area contributed by atoms with E-state index in [-0.39, 0.29) is 30.0 Å². The second-order valence-corrected chi connectivity index (χ2v) is 7.01. The molecule has 0 fully saturated rings. The lowest BCUT2D eigenvalue weighted by Gasteiger charge is -2.26. The monoisotopic (exact) mass is 390 g/mol. The largest absolute Gasteiger partial charge is 0.464 e. The van der Waals surface area contributed by atoms with Crippen molar-refractivity contribution in [2.45, 2.75) is 33.7 Å². The van der Waals surface area contributed by atoms with Gasteiger partial charge in [-0.05, 0) is 57.5 Å². The third kappa shape index (κ3) is 4.39. The number of aromatic nitrogens is 1. The molecule has 0 saturated carbocycles. The Morgan fingerprint density at radius 2 is 1.74 bits per heavy atom. The number of carbonyl (C=O) groups excluding carboxylic acids is 3. The maximum absolute atomic E-state index is 12.9. The number of H-pyrrole nitrogens is 1. The summed E-state index contributed by atoms with van der Waals surface area (Å²) in [7, 11) is 1.28. The van der Waals surface area contributed by atoms with Gasteiger partial charge in [0.2, 0.25) is 0 Å². The number of methoxy groups -OCH3 is 1. The minimum absolute atomic E-state index is 0.0979. The highest BCUT2D eigenvalue weighted by Gasteiger charge is 2.27. The standard InChI is InChI=1S/C20H23ClN2O4/c1-11(2)23(19(25)14-6-8-15(21)9-7-14)10-16(24)17-12(3)18(20(26)27-5)22-13(17)4/h6-9,11,22H,10H2,1-5H3. The summed E-state index contributed by atoms with van der Waals surface area (Å²) in [6, 6.07) is 6.35. The van der Waals surface area contributed by atoms with E-state index in [0.29, 0.717) is 27.4 Å². The van der Waals surface area contributed by atoms with Gasteiger partial charge in [-0.1, -0.05) is 11.6 Å². The Bertz CT molecular complexity index is 869. The van der Waals surface area contributed by atoms with Crippen LogP contribution in [0, 0.1) is 13.8 Å². The Morgan fingerprint density at radius 1 is 1.15 bits per heavy atom. The lowest BCUT2D eigenvalue weighted by molar-refractivity contribution is 0.0593. The van der Waals surface area contributed by atoms with E-state index in [1.54, 1.807) is 38.1 Å². The Hall–Kier alpha value is -2.60. The molecule has 1 heterocycles. The number of nitrogens with one attached hydrogen (secondary N) is 1. The fourth-order valence-corrected chi connectivity index (χ4v) is 3.08. The van der Waals surface area contributed by atoms with Gasteiger partial charge >= 0.3 is 5.97 Å². The summed E-state index contributed by atoms with van der Waals surface area (Å²) in [4.78, 5) is 42.0. The van der Waals surface area contributed by atoms with Crippen molar-refractivity contribution in [2.24, 2.45) is 0 Å². The first-order valence-corrected chi connectivity index (χ1v) is 8.92. The predicted octanol–water partition coefficient (Wildman–Crippen LogP) is 3.81. The quantitative estimate of drug-likeness (QED) is 0.601. The highest BCUT2D eigenvalue weighted by molar-refractivity contribution is 6.30. The minimum Gasteiger partial charge on any atom is -0.464 e. The maximum atomic E-state index is 12.9. The molecule has 0 unspecified atom stereocenters. The van der Waals surface area contributed by atoms with E-state index in [0.717, 1.165) is 0 Å². The molecule has 0 aliphatic heterocycles. The van der Waals surface area contributed by atoms with Crippen LogP contribution in [0.15, 0.2) is 24.3 Å². The number of nitrogens with zero attached hydrogens (tertiary/aromatic N) is 1. The summed E-state index contributed by atoms with van der Waals surface area (Å²) >= 11 is 5.88. The normalized spacial score (nSPS) is 10.8. The van der Waals surface area contributed by atoms with Crippen LogP contribution >= 0.6 is 11.6 Å². The molecule has 1 amide bonds. The van der Waals surface area contributed by atoms with Crippen molar-refractivity contribution in [1.29, 1.82) is 0 Å². The molecule has 1 aromatic carbocycles. The van der Waals surface area contributed by atoms with Crippen molar-refractivity contribution in [3.63, 3.8) is 0 Å². The van der Waals surface area contributed by atoms with Crippen LogP contribution in [-0.2, 0) is 4.74 Å². The zero-order chi connectivity index (χ0) is 20.3. The van der Waals surface area contributed by atoms with E-state index in [1.807, 2.05) is 13.8 Å². The van der Waals surface area contributed by atoms with Crippen LogP contribution in [0.2, 0.25) is 5.02 Å². The number of aromatic amines is 1. The molecule has 6 nitrogen and oxygen atoms in total. The van der Waals surface area contributed by atoms with Gasteiger partial charge in [0.15, 0.2) is 5.78 Å². The SMILES string of the molecule is COC(=O)c1[nH]c(C)c(C(=O)CN(C(=O)c2ccc(Cl)cc2)C(C)C)c1C. The Kier molecular flexibility index (Phi) is 6.44. The molecule has 0 radical (unpaired) electrons. The van der Waals surface area contributed by atoms with Gasteiger partial charge in [-0.25, -0.2) is 4.79 Å². The van der Waals surface area contributed by atoms with Crippen molar-refractivity contribution in [1.82, 2.24) is 9.88 Å². The summed E-state index contributed by atoms with van der Waals surface area (Å²) in [5.74, 6) is -1.03. The summed E-state index contributed by atoms with van der Waals surface area (Å²) in [6.45, 7) is 6.99. The number of hydrogen-bond donors (Lipinski definition) is 1. The number of amides is 1. The van der Waals surface area contributed by atoms with Gasteiger partial charge in [0, 0.05) is 27.9 Å². The molecule has 2 aromatic rings. The van der Waals surface area contributed by atoms with E-state index >= 15 is 0 Å². The molecule has 2 rings (SSSR count). The number of ether oxygens (including phenoxy) is 1. The Morgan fingerprint density at radius 3 is 2.26 bits per heavy atom. The molecular formula is C20H23ClN2O4. The van der Waals surface area contributed by atoms with Crippen LogP contribution in [0.5, 0.6) is 0 Å². The van der Waals surface area contributed by atoms with Crippen molar-refractivity contribution in [3.05, 3.63) is 57.4 Å². The fraction of sp³-hybridized carbons (Fsp3) is 0.350. The summed E-state index contributed by atoms with van der Waals surface area (Å²) in [6.07, 6.45) is 0. The van der Waals surface area contributed by atoms with Crippen molar-refractivity contribution in [2.75, 3.05) is 13.7 Å². The van der Waals surface area contributed by atoms with Crippen LogP contribution in [0.3, 0.4) is 0 Å². The lowest BCUT2D eigenvalue weighted by Crippen LogP contribution is -2.40. The summed E-state index contributed by atoms with van der Waals surface area (Å²) < 4.78 is 4.73. The van der Waals surface area contributed by atoms with Crippen molar-refractivity contribution < 1.29 is 19.1 Å². The van der Waals surface area contributed by atoms with Crippen molar-refractivity contribution in [3.8, 4) is 0 Å². The predicted molar refractivity (Wildman–Crippen MR) is 104 cm³/mol. The van der Waals surface area contributed by atoms with Crippen LogP contribution in [0.4, 0.5) is 0 Å². The zero-order valence-corrected chi connectivity index (χ0v) is 16.8. The molecule has 0 aliphatic carbocycles. The number of rotatable bonds is 6. The lowest BCUT2D eigenvalue weighted by atomic mass is 10.0. The van der Waals surface area contributed by atoms with Crippen LogP contribution in [0.1, 0.15) is 56.3 Å². The van der Waals surface area contributed by atoms with E-state index in [2.05, 4.69) is 4.98 Å². The third-order valence-electron chi connectivity index (χ3n) is 4.40. The number of halogens is 1. The van der Waals surface area contributed by atoms with Gasteiger partial charge in [0.1, 0.15) is 5.69 Å². The first-order chi connectivity index (χ1) is 12.7. The second-order valence-electron chi connectivity index (χ2n) is 6.57. The summed E-state index contributed by atoms with van der Waals surface area (Å²) in [5, 5.41) is 0.535. The van der Waals surface area contributed by atoms with Gasteiger partial charge in [-0.2, -0.15) is 0 Å². The first kappa shape index (κ1) is 20.7. The number of benzene rings is 1. The van der Waals surface area contributed by atoms with Crippen LogP contribution in [0.25, 0.3) is 0 Å². The molecule has 1 N–H and O–H groups in total. The highest BCUT2D eigenvalue weighted by atomic mass is 35.5. The second kappa shape index (κ2) is 8.39. The first-order valence-electron chi connectivity index (χ1n) is 8.54. The fourth-order valence-electron chi connectivity index (χ4n) is 2.96. The Labute approximate surface area is 163 Å². The molecule has 0 atom stereocenters. The maximum Gasteiger partial charge on any atom is 0.354 e. The van der Waals surface area contributed by atoms with E-state index in [4.69, 9.17) is 16.3 Å². The highest BCUT2D eigenvalue weighted by Crippen LogP contribution is 2.21. The minimum atomic E-state index is -0.535. The average Bonchev–Trinajstić information content (AvgIpc) is 2.93. The molecule has 144 valence electrons. The smallest absolute Gasteiger partial charge is 0.354 e. The van der Waals surface area contributed by atoms with E-state index in [9.17, 15) is 14.4 Å². The number of carbonyl (C=O) groups is 3. The molecule has 0 saturated heterocycles. The molecule has 27 heavy (non-hydrogen) atoms. The molecule has 0 bridgehead atoms. The molecule has 0 spiro atoms. The zero-order valence-electron chi connectivity index (χ0n) is 16.1. The number of esters is 1. The molecular weight excluding hydrogens is 368 g/mol. The van der Waals surface area contributed by atoms with Crippen molar-refractivity contribution >= 4 is 29.3 Å². The molecule has 7 heteroatoms. The van der Waals surface area contributed by atoms with Gasteiger partial charge in [0.25, 0.3) is 5.91 Å². The number of hydrogen-bond acceptors (Lipinski definition) is 4.